The molecule has 102 valence electrons. The summed E-state index contributed by atoms with van der Waals surface area (Å²) >= 11 is 0. The van der Waals surface area contributed by atoms with Gasteiger partial charge in [-0.3, -0.25) is 14.4 Å². The van der Waals surface area contributed by atoms with Gasteiger partial charge in [-0.25, -0.2) is 4.98 Å². The molecule has 0 spiro atoms. The van der Waals surface area contributed by atoms with Crippen molar-refractivity contribution < 1.29 is 18.8 Å². The van der Waals surface area contributed by atoms with Gasteiger partial charge in [0.15, 0.2) is 23.1 Å². The molecule has 0 aliphatic heterocycles. The average molecular weight is 271 g/mol. The standard InChI is InChI=1S/C15H13NO4/c1-6(2)15-16-11-13(19)12(18)9-5-8(17)4-7(3)10(9)14(11)20-15/h4,6H,5H2,1-3H3. The molecule has 1 aromatic heterocycles. The fraction of sp³-hybridized carbons (Fsp3) is 0.333. The zero-order valence-corrected chi connectivity index (χ0v) is 11.4. The summed E-state index contributed by atoms with van der Waals surface area (Å²) in [4.78, 5) is 39.9. The second kappa shape index (κ2) is 4.10. The van der Waals surface area contributed by atoms with E-state index in [1.165, 1.54) is 6.08 Å². The van der Waals surface area contributed by atoms with Crippen molar-refractivity contribution in [2.24, 2.45) is 0 Å². The number of fused-ring (bicyclic) bond motifs is 2. The molecule has 5 nitrogen and oxygen atoms in total. The molecular weight excluding hydrogens is 258 g/mol. The molecule has 1 aromatic rings. The van der Waals surface area contributed by atoms with Gasteiger partial charge in [0.1, 0.15) is 0 Å². The van der Waals surface area contributed by atoms with E-state index in [1.807, 2.05) is 13.8 Å². The largest absolute Gasteiger partial charge is 0.440 e. The SMILES string of the molecule is CC1=CC(=O)CC2=C1c1oc(C(C)C)nc1C(=O)C2=O. The lowest BCUT2D eigenvalue weighted by molar-refractivity contribution is -0.116. The highest BCUT2D eigenvalue weighted by atomic mass is 16.4. The summed E-state index contributed by atoms with van der Waals surface area (Å²) in [6.07, 6.45) is 1.43. The number of carbonyl (C=O) groups is 3. The summed E-state index contributed by atoms with van der Waals surface area (Å²) in [5, 5.41) is 0. The monoisotopic (exact) mass is 271 g/mol. The third-order valence-electron chi connectivity index (χ3n) is 3.48. The van der Waals surface area contributed by atoms with Gasteiger partial charge >= 0.3 is 0 Å². The maximum atomic E-state index is 12.1. The van der Waals surface area contributed by atoms with E-state index in [4.69, 9.17) is 4.42 Å². The van der Waals surface area contributed by atoms with Crippen LogP contribution in [0, 0.1) is 0 Å². The highest BCUT2D eigenvalue weighted by Gasteiger charge is 2.40. The number of rotatable bonds is 1. The quantitative estimate of drug-likeness (QED) is 0.732. The Labute approximate surface area is 115 Å². The van der Waals surface area contributed by atoms with E-state index in [2.05, 4.69) is 4.98 Å². The highest BCUT2D eigenvalue weighted by molar-refractivity contribution is 6.53. The Hall–Kier alpha value is -2.30. The van der Waals surface area contributed by atoms with Gasteiger partial charge in [-0.05, 0) is 18.6 Å². The van der Waals surface area contributed by atoms with Crippen LogP contribution in [0.1, 0.15) is 55.2 Å². The molecule has 0 atom stereocenters. The lowest BCUT2D eigenvalue weighted by Gasteiger charge is -2.20. The van der Waals surface area contributed by atoms with E-state index in [-0.39, 0.29) is 29.4 Å². The molecule has 5 heteroatoms. The molecule has 0 saturated carbocycles. The zero-order chi connectivity index (χ0) is 14.6. The molecule has 2 aliphatic carbocycles. The van der Waals surface area contributed by atoms with Crippen LogP contribution in [-0.4, -0.2) is 22.3 Å². The summed E-state index contributed by atoms with van der Waals surface area (Å²) in [5.41, 5.74) is 1.51. The van der Waals surface area contributed by atoms with Crippen molar-refractivity contribution >= 4 is 22.9 Å². The van der Waals surface area contributed by atoms with Crippen LogP contribution in [0.4, 0.5) is 0 Å². The second-order valence-corrected chi connectivity index (χ2v) is 5.37. The van der Waals surface area contributed by atoms with Crippen LogP contribution >= 0.6 is 0 Å². The molecule has 2 aliphatic rings. The van der Waals surface area contributed by atoms with Gasteiger partial charge in [-0.1, -0.05) is 13.8 Å². The third kappa shape index (κ3) is 1.62. The number of ketones is 3. The summed E-state index contributed by atoms with van der Waals surface area (Å²) in [6.45, 7) is 5.52. The van der Waals surface area contributed by atoms with Gasteiger partial charge in [-0.2, -0.15) is 0 Å². The number of oxazole rings is 1. The molecule has 0 fully saturated rings. The molecule has 0 amide bonds. The average Bonchev–Trinajstić information content (AvgIpc) is 2.80. The van der Waals surface area contributed by atoms with Gasteiger partial charge < -0.3 is 4.42 Å². The number of hydrogen-bond acceptors (Lipinski definition) is 5. The maximum absolute atomic E-state index is 12.1. The number of carbonyl (C=O) groups excluding carboxylic acids is 3. The first-order chi connectivity index (χ1) is 9.40. The molecule has 0 saturated heterocycles. The van der Waals surface area contributed by atoms with Gasteiger partial charge in [0.25, 0.3) is 5.78 Å². The molecule has 0 N–H and O–H groups in total. The van der Waals surface area contributed by atoms with Crippen LogP contribution in [0.2, 0.25) is 0 Å². The Bertz CT molecular complexity index is 731. The van der Waals surface area contributed by atoms with Crippen molar-refractivity contribution in [2.45, 2.75) is 33.1 Å². The van der Waals surface area contributed by atoms with E-state index in [9.17, 15) is 14.4 Å². The van der Waals surface area contributed by atoms with Gasteiger partial charge in [0.05, 0.1) is 0 Å². The smallest absolute Gasteiger partial charge is 0.255 e. The number of aromatic nitrogens is 1. The Kier molecular flexibility index (Phi) is 2.61. The number of Topliss-reactive ketones (excluding diaryl/α,β-unsaturated/α-hetero) is 2. The lowest BCUT2D eigenvalue weighted by Crippen LogP contribution is -2.27. The molecule has 1 heterocycles. The number of allylic oxidation sites excluding steroid dienone is 4. The van der Waals surface area contributed by atoms with Crippen LogP contribution in [0.3, 0.4) is 0 Å². The molecule has 0 unspecified atom stereocenters. The minimum absolute atomic E-state index is 0.0158. The molecule has 0 bridgehead atoms. The zero-order valence-electron chi connectivity index (χ0n) is 11.4. The van der Waals surface area contributed by atoms with Crippen molar-refractivity contribution in [1.29, 1.82) is 0 Å². The summed E-state index contributed by atoms with van der Waals surface area (Å²) in [7, 11) is 0. The number of nitrogens with zero attached hydrogens (tertiary/aromatic N) is 1. The van der Waals surface area contributed by atoms with Crippen LogP contribution in [-0.2, 0) is 9.59 Å². The molecular formula is C15H13NO4. The first kappa shape index (κ1) is 12.7. The Morgan fingerprint density at radius 3 is 2.55 bits per heavy atom. The molecule has 3 rings (SSSR count). The number of hydrogen-bond donors (Lipinski definition) is 0. The van der Waals surface area contributed by atoms with Gasteiger partial charge in [0, 0.05) is 23.5 Å². The van der Waals surface area contributed by atoms with E-state index in [1.54, 1.807) is 6.92 Å². The Morgan fingerprint density at radius 2 is 1.90 bits per heavy atom. The fourth-order valence-corrected chi connectivity index (χ4v) is 2.53. The van der Waals surface area contributed by atoms with Crippen LogP contribution in [0.5, 0.6) is 0 Å². The minimum atomic E-state index is -0.683. The molecule has 0 radical (unpaired) electrons. The first-order valence-corrected chi connectivity index (χ1v) is 6.45. The molecule has 20 heavy (non-hydrogen) atoms. The highest BCUT2D eigenvalue weighted by Crippen LogP contribution is 2.39. The van der Waals surface area contributed by atoms with Crippen molar-refractivity contribution in [3.63, 3.8) is 0 Å². The second-order valence-electron chi connectivity index (χ2n) is 5.37. The summed E-state index contributed by atoms with van der Waals surface area (Å²) in [5.74, 6) is -0.727. The third-order valence-corrected chi connectivity index (χ3v) is 3.48. The summed E-state index contributed by atoms with van der Waals surface area (Å²) in [6, 6.07) is 0. The van der Waals surface area contributed by atoms with E-state index in [0.29, 0.717) is 22.8 Å². The van der Waals surface area contributed by atoms with Gasteiger partial charge in [0.2, 0.25) is 5.78 Å². The van der Waals surface area contributed by atoms with E-state index in [0.717, 1.165) is 0 Å². The maximum Gasteiger partial charge on any atom is 0.255 e. The first-order valence-electron chi connectivity index (χ1n) is 6.45. The van der Waals surface area contributed by atoms with E-state index >= 15 is 0 Å². The Morgan fingerprint density at radius 1 is 1.20 bits per heavy atom. The van der Waals surface area contributed by atoms with Crippen molar-refractivity contribution in [3.8, 4) is 0 Å². The fourth-order valence-electron chi connectivity index (χ4n) is 2.53. The van der Waals surface area contributed by atoms with Crippen molar-refractivity contribution in [3.05, 3.63) is 34.6 Å². The normalized spacial score (nSPS) is 18.4. The van der Waals surface area contributed by atoms with Crippen molar-refractivity contribution in [2.75, 3.05) is 0 Å². The van der Waals surface area contributed by atoms with Crippen molar-refractivity contribution in [1.82, 2.24) is 4.98 Å². The van der Waals surface area contributed by atoms with Crippen LogP contribution in [0.15, 0.2) is 21.6 Å². The molecule has 0 aromatic carbocycles. The van der Waals surface area contributed by atoms with Gasteiger partial charge in [-0.15, -0.1) is 0 Å². The lowest BCUT2D eigenvalue weighted by atomic mass is 9.81. The summed E-state index contributed by atoms with van der Waals surface area (Å²) < 4.78 is 5.67. The van der Waals surface area contributed by atoms with E-state index < -0.39 is 11.6 Å². The predicted molar refractivity (Wildman–Crippen MR) is 70.2 cm³/mol. The Balaban J connectivity index is 2.28. The minimum Gasteiger partial charge on any atom is -0.440 e. The van der Waals surface area contributed by atoms with Crippen LogP contribution < -0.4 is 0 Å². The van der Waals surface area contributed by atoms with Crippen LogP contribution in [0.25, 0.3) is 5.57 Å². The topological polar surface area (TPSA) is 77.2 Å². The predicted octanol–water partition coefficient (Wildman–Crippen LogP) is 2.24.